The molecular formula is C38H37FN4O4. The van der Waals surface area contributed by atoms with Gasteiger partial charge in [-0.1, -0.05) is 48.5 Å². The fraction of sp³-hybridized carbons (Fsp3) is 0.289. The van der Waals surface area contributed by atoms with Gasteiger partial charge in [-0.3, -0.25) is 0 Å². The van der Waals surface area contributed by atoms with Crippen molar-refractivity contribution >= 4 is 22.9 Å². The van der Waals surface area contributed by atoms with E-state index >= 15 is 4.39 Å². The first-order chi connectivity index (χ1) is 22.6. The van der Waals surface area contributed by atoms with Gasteiger partial charge in [0.15, 0.2) is 0 Å². The molecule has 3 aromatic carbocycles. The van der Waals surface area contributed by atoms with Gasteiger partial charge in [0, 0.05) is 24.7 Å². The van der Waals surface area contributed by atoms with Crippen molar-refractivity contribution < 1.29 is 23.1 Å². The minimum Gasteiger partial charge on any atom is -0.489 e. The summed E-state index contributed by atoms with van der Waals surface area (Å²) < 4.78 is 32.9. The number of carbonyl (C=O) groups excluding carboxylic acids is 1. The summed E-state index contributed by atoms with van der Waals surface area (Å²) in [5, 5.41) is 13.2. The Morgan fingerprint density at radius 2 is 1.81 bits per heavy atom. The number of amides is 1. The SMILES string of the molecule is Cc1ccc(-c2c(-c3ccc(C#N)c(F)c3)nc(N3CCC(NC(=O)OC(C)(C)C)CC3)c3ccoc23)cc1OCc1ccccc1. The van der Waals surface area contributed by atoms with Crippen molar-refractivity contribution in [3.63, 3.8) is 0 Å². The molecule has 0 bridgehead atoms. The second kappa shape index (κ2) is 13.2. The summed E-state index contributed by atoms with van der Waals surface area (Å²) in [6.07, 6.45) is 2.61. The maximum Gasteiger partial charge on any atom is 0.407 e. The molecule has 1 aliphatic rings. The molecule has 3 heterocycles. The molecule has 9 heteroatoms. The van der Waals surface area contributed by atoms with Crippen LogP contribution in [0.25, 0.3) is 33.4 Å². The molecule has 1 N–H and O–H groups in total. The van der Waals surface area contributed by atoms with Crippen LogP contribution in [0.15, 0.2) is 83.5 Å². The van der Waals surface area contributed by atoms with Crippen LogP contribution in [0.1, 0.15) is 50.3 Å². The van der Waals surface area contributed by atoms with Crippen LogP contribution in [0, 0.1) is 24.1 Å². The van der Waals surface area contributed by atoms with Crippen LogP contribution in [0.2, 0.25) is 0 Å². The van der Waals surface area contributed by atoms with Gasteiger partial charge in [-0.05, 0) is 81.5 Å². The molecule has 47 heavy (non-hydrogen) atoms. The zero-order chi connectivity index (χ0) is 33.1. The monoisotopic (exact) mass is 632 g/mol. The number of hydrogen-bond acceptors (Lipinski definition) is 7. The number of furan rings is 1. The number of carbonyl (C=O) groups is 1. The molecule has 2 aromatic heterocycles. The lowest BCUT2D eigenvalue weighted by molar-refractivity contribution is 0.0497. The number of aromatic nitrogens is 1. The molecule has 0 radical (unpaired) electrons. The van der Waals surface area contributed by atoms with E-state index in [0.717, 1.165) is 22.1 Å². The van der Waals surface area contributed by atoms with Gasteiger partial charge in [-0.25, -0.2) is 14.2 Å². The number of aryl methyl sites for hydroxylation is 1. The molecule has 5 aromatic rings. The average Bonchev–Trinajstić information content (AvgIpc) is 3.54. The Kier molecular flexibility index (Phi) is 8.86. The van der Waals surface area contributed by atoms with Crippen molar-refractivity contribution in [3.8, 4) is 34.2 Å². The lowest BCUT2D eigenvalue weighted by atomic mass is 9.95. The third-order valence-electron chi connectivity index (χ3n) is 8.18. The van der Waals surface area contributed by atoms with Gasteiger partial charge in [0.1, 0.15) is 41.2 Å². The highest BCUT2D eigenvalue weighted by molar-refractivity contribution is 6.04. The highest BCUT2D eigenvalue weighted by Gasteiger charge is 2.28. The van der Waals surface area contributed by atoms with E-state index in [0.29, 0.717) is 66.5 Å². The highest BCUT2D eigenvalue weighted by atomic mass is 19.1. The van der Waals surface area contributed by atoms with Gasteiger partial charge in [0.25, 0.3) is 0 Å². The lowest BCUT2D eigenvalue weighted by Crippen LogP contribution is -2.46. The van der Waals surface area contributed by atoms with Crippen LogP contribution in [0.3, 0.4) is 0 Å². The number of rotatable bonds is 7. The number of anilines is 1. The van der Waals surface area contributed by atoms with Crippen LogP contribution in [-0.4, -0.2) is 35.8 Å². The Morgan fingerprint density at radius 1 is 1.06 bits per heavy atom. The fourth-order valence-corrected chi connectivity index (χ4v) is 5.84. The second-order valence-electron chi connectivity index (χ2n) is 12.8. The standard InChI is InChI=1S/C38H37FN4O4/c1-24-10-11-26(21-32(24)46-23-25-8-6-5-7-9-25)33-34(27-12-13-28(22-40)31(39)20-27)42-36(30-16-19-45-35(30)33)43-17-14-29(15-18-43)41-37(44)47-38(2,3)4/h5-13,16,19-21,29H,14-15,17-18,23H2,1-4H3,(H,41,44). The van der Waals surface area contributed by atoms with Crippen molar-refractivity contribution in [1.29, 1.82) is 5.26 Å². The summed E-state index contributed by atoms with van der Waals surface area (Å²) in [5.41, 5.74) is 4.57. The first kappa shape index (κ1) is 31.6. The van der Waals surface area contributed by atoms with Crippen molar-refractivity contribution in [2.75, 3.05) is 18.0 Å². The number of piperidine rings is 1. The van der Waals surface area contributed by atoms with Gasteiger partial charge in [0.2, 0.25) is 0 Å². The fourth-order valence-electron chi connectivity index (χ4n) is 5.84. The van der Waals surface area contributed by atoms with Gasteiger partial charge >= 0.3 is 6.09 Å². The minimum atomic E-state index is -0.622. The largest absolute Gasteiger partial charge is 0.489 e. The van der Waals surface area contributed by atoms with E-state index < -0.39 is 17.5 Å². The van der Waals surface area contributed by atoms with Gasteiger partial charge < -0.3 is 24.1 Å². The molecule has 0 spiro atoms. The number of pyridine rings is 1. The van der Waals surface area contributed by atoms with E-state index in [-0.39, 0.29) is 11.6 Å². The normalized spacial score (nSPS) is 13.7. The van der Waals surface area contributed by atoms with Crippen molar-refractivity contribution in [2.45, 2.75) is 58.8 Å². The Balaban J connectivity index is 1.38. The van der Waals surface area contributed by atoms with Crippen LogP contribution in [0.5, 0.6) is 5.75 Å². The molecule has 1 fully saturated rings. The van der Waals surface area contributed by atoms with E-state index in [4.69, 9.17) is 18.9 Å². The zero-order valence-electron chi connectivity index (χ0n) is 27.0. The van der Waals surface area contributed by atoms with E-state index in [1.807, 2.05) is 88.4 Å². The van der Waals surface area contributed by atoms with Gasteiger partial charge in [0.05, 0.1) is 28.5 Å². The Labute approximate surface area is 273 Å². The number of hydrogen-bond donors (Lipinski definition) is 1. The topological polar surface area (TPSA) is 101 Å². The molecule has 8 nitrogen and oxygen atoms in total. The number of alkyl carbamates (subject to hydrolysis) is 1. The summed E-state index contributed by atoms with van der Waals surface area (Å²) in [6, 6.07) is 24.2. The number of halogens is 1. The number of nitrogens with one attached hydrogen (secondary N) is 1. The summed E-state index contributed by atoms with van der Waals surface area (Å²) in [5.74, 6) is 0.802. The number of nitrogens with zero attached hydrogens (tertiary/aromatic N) is 3. The number of fused-ring (bicyclic) bond motifs is 1. The van der Waals surface area contributed by atoms with E-state index in [1.54, 1.807) is 12.3 Å². The Bertz CT molecular complexity index is 1950. The molecule has 6 rings (SSSR count). The maximum absolute atomic E-state index is 15.1. The Hall–Kier alpha value is -5.36. The third kappa shape index (κ3) is 7.07. The molecular weight excluding hydrogens is 595 g/mol. The van der Waals surface area contributed by atoms with Crippen LogP contribution in [0.4, 0.5) is 15.0 Å². The van der Waals surface area contributed by atoms with Crippen molar-refractivity contribution in [3.05, 3.63) is 102 Å². The molecule has 1 aliphatic heterocycles. The van der Waals surface area contributed by atoms with Crippen LogP contribution >= 0.6 is 0 Å². The van der Waals surface area contributed by atoms with Crippen LogP contribution in [-0.2, 0) is 11.3 Å². The summed E-state index contributed by atoms with van der Waals surface area (Å²) in [6.45, 7) is 9.19. The summed E-state index contributed by atoms with van der Waals surface area (Å²) in [4.78, 5) is 19.7. The first-order valence-corrected chi connectivity index (χ1v) is 15.7. The quantitative estimate of drug-likeness (QED) is 0.192. The molecule has 0 saturated carbocycles. The molecule has 1 amide bonds. The predicted octanol–water partition coefficient (Wildman–Crippen LogP) is 8.55. The first-order valence-electron chi connectivity index (χ1n) is 15.7. The third-order valence-corrected chi connectivity index (χ3v) is 8.18. The number of nitriles is 1. The Morgan fingerprint density at radius 3 is 2.51 bits per heavy atom. The summed E-state index contributed by atoms with van der Waals surface area (Å²) in [7, 11) is 0. The van der Waals surface area contributed by atoms with Crippen molar-refractivity contribution in [2.24, 2.45) is 0 Å². The highest BCUT2D eigenvalue weighted by Crippen LogP contribution is 2.43. The van der Waals surface area contributed by atoms with Gasteiger partial charge in [-0.15, -0.1) is 0 Å². The predicted molar refractivity (Wildman–Crippen MR) is 180 cm³/mol. The van der Waals surface area contributed by atoms with E-state index in [9.17, 15) is 10.1 Å². The number of ether oxygens (including phenoxy) is 2. The molecule has 240 valence electrons. The van der Waals surface area contributed by atoms with Crippen LogP contribution < -0.4 is 15.0 Å². The average molecular weight is 633 g/mol. The summed E-state index contributed by atoms with van der Waals surface area (Å²) >= 11 is 0. The van der Waals surface area contributed by atoms with E-state index in [2.05, 4.69) is 10.2 Å². The number of benzene rings is 3. The smallest absolute Gasteiger partial charge is 0.407 e. The lowest BCUT2D eigenvalue weighted by Gasteiger charge is -2.34. The van der Waals surface area contributed by atoms with Crippen molar-refractivity contribution in [1.82, 2.24) is 10.3 Å². The minimum absolute atomic E-state index is 0.0332. The maximum atomic E-state index is 15.1. The molecule has 0 unspecified atom stereocenters. The molecule has 0 atom stereocenters. The van der Waals surface area contributed by atoms with E-state index in [1.165, 1.54) is 12.1 Å². The molecule has 1 saturated heterocycles. The second-order valence-corrected chi connectivity index (χ2v) is 12.8. The molecule has 0 aliphatic carbocycles. The zero-order valence-corrected chi connectivity index (χ0v) is 27.0. The van der Waals surface area contributed by atoms with Gasteiger partial charge in [-0.2, -0.15) is 5.26 Å².